The molecule has 2 N–H and O–H groups in total. The fraction of sp³-hybridized carbons (Fsp3) is 0.629. The van der Waals surface area contributed by atoms with E-state index in [0.29, 0.717) is 18.4 Å². The zero-order valence-electron chi connectivity index (χ0n) is 26.4. The first-order chi connectivity index (χ1) is 21.5. The van der Waals surface area contributed by atoms with Crippen molar-refractivity contribution in [3.8, 4) is 0 Å². The van der Waals surface area contributed by atoms with Crippen LogP contribution in [0.25, 0.3) is 0 Å². The first-order valence-corrected chi connectivity index (χ1v) is 17.0. The lowest BCUT2D eigenvalue weighted by molar-refractivity contribution is -0.136. The van der Waals surface area contributed by atoms with Crippen LogP contribution in [0, 0.1) is 5.41 Å². The van der Waals surface area contributed by atoms with Crippen LogP contribution < -0.4 is 0 Å². The molecule has 44 heavy (non-hydrogen) atoms. The van der Waals surface area contributed by atoms with Crippen LogP contribution in [0.15, 0.2) is 49.1 Å². The van der Waals surface area contributed by atoms with Gasteiger partial charge in [0.2, 0.25) is 0 Å². The molecular formula is C35H51N7O2. The third-order valence-corrected chi connectivity index (χ3v) is 10.5. The smallest absolute Gasteiger partial charge is 0.303 e. The predicted octanol–water partition coefficient (Wildman–Crippen LogP) is 5.34. The Morgan fingerprint density at radius 1 is 0.932 bits per heavy atom. The summed E-state index contributed by atoms with van der Waals surface area (Å²) in [6, 6.07) is 9.19. The number of benzene rings is 1. The Morgan fingerprint density at radius 3 is 2.45 bits per heavy atom. The second-order valence-corrected chi connectivity index (χ2v) is 13.6. The van der Waals surface area contributed by atoms with E-state index < -0.39 is 5.97 Å². The molecule has 1 spiro atoms. The molecule has 0 bridgehead atoms. The number of nitrogens with one attached hydrogen (secondary N) is 1. The van der Waals surface area contributed by atoms with Crippen LogP contribution in [0.5, 0.6) is 0 Å². The van der Waals surface area contributed by atoms with Crippen molar-refractivity contribution in [2.45, 2.75) is 103 Å². The Morgan fingerprint density at radius 2 is 1.70 bits per heavy atom. The van der Waals surface area contributed by atoms with Crippen molar-refractivity contribution in [1.29, 1.82) is 0 Å². The fourth-order valence-corrected chi connectivity index (χ4v) is 7.88. The predicted molar refractivity (Wildman–Crippen MR) is 172 cm³/mol. The van der Waals surface area contributed by atoms with Crippen LogP contribution in [0.3, 0.4) is 0 Å². The molecule has 2 saturated heterocycles. The largest absolute Gasteiger partial charge is 0.481 e. The molecule has 3 fully saturated rings. The number of nitrogens with zero attached hydrogens (tertiary/aromatic N) is 6. The maximum absolute atomic E-state index is 10.9. The number of rotatable bonds is 14. The van der Waals surface area contributed by atoms with Crippen LogP contribution in [0.2, 0.25) is 0 Å². The monoisotopic (exact) mass is 601 g/mol. The molecule has 3 aromatic rings. The van der Waals surface area contributed by atoms with Crippen molar-refractivity contribution >= 4 is 5.97 Å². The SMILES string of the molecule is O=C(O)CCc1ccc(CN(Cc2ncc[nH]2)Cc2nccn2CCCN2CCC3(CCN(C4CCCCC4)CC3)C2)cc1. The number of carboxylic acid groups (broad SMARTS) is 1. The molecule has 1 aromatic carbocycles. The topological polar surface area (TPSA) is 93.5 Å². The van der Waals surface area contributed by atoms with Gasteiger partial charge in [-0.2, -0.15) is 0 Å². The Balaban J connectivity index is 0.988. The summed E-state index contributed by atoms with van der Waals surface area (Å²) in [4.78, 5) is 31.4. The van der Waals surface area contributed by atoms with Gasteiger partial charge >= 0.3 is 5.97 Å². The molecule has 4 heterocycles. The number of piperidine rings is 1. The molecule has 2 aliphatic heterocycles. The van der Waals surface area contributed by atoms with Gasteiger partial charge in [-0.1, -0.05) is 43.5 Å². The Hall–Kier alpha value is -3.01. The highest BCUT2D eigenvalue weighted by Gasteiger charge is 2.41. The number of hydrogen-bond acceptors (Lipinski definition) is 6. The average molecular weight is 602 g/mol. The van der Waals surface area contributed by atoms with Crippen molar-refractivity contribution in [1.82, 2.24) is 34.2 Å². The quantitative estimate of drug-likeness (QED) is 0.258. The van der Waals surface area contributed by atoms with E-state index in [1.165, 1.54) is 83.1 Å². The van der Waals surface area contributed by atoms with E-state index in [0.717, 1.165) is 55.9 Å². The second kappa shape index (κ2) is 14.8. The van der Waals surface area contributed by atoms with Crippen LogP contribution in [-0.2, 0) is 37.4 Å². The molecule has 9 heteroatoms. The van der Waals surface area contributed by atoms with Gasteiger partial charge in [-0.3, -0.25) is 9.69 Å². The number of aryl methyl sites for hydroxylation is 2. The maximum Gasteiger partial charge on any atom is 0.303 e. The van der Waals surface area contributed by atoms with Gasteiger partial charge in [-0.05, 0) is 87.7 Å². The second-order valence-electron chi connectivity index (χ2n) is 13.6. The Kier molecular flexibility index (Phi) is 10.5. The Bertz CT molecular complexity index is 1290. The number of aromatic nitrogens is 4. The van der Waals surface area contributed by atoms with Gasteiger partial charge in [-0.25, -0.2) is 9.97 Å². The van der Waals surface area contributed by atoms with Gasteiger partial charge in [0.25, 0.3) is 0 Å². The number of aromatic amines is 1. The van der Waals surface area contributed by atoms with Crippen LogP contribution in [0.1, 0.15) is 87.0 Å². The fourth-order valence-electron chi connectivity index (χ4n) is 7.88. The van der Waals surface area contributed by atoms with Crippen molar-refractivity contribution in [2.75, 3.05) is 32.7 Å². The molecule has 1 aliphatic carbocycles. The molecule has 0 unspecified atom stereocenters. The van der Waals surface area contributed by atoms with E-state index in [-0.39, 0.29) is 6.42 Å². The summed E-state index contributed by atoms with van der Waals surface area (Å²) in [6.45, 7) is 9.53. The minimum atomic E-state index is -0.760. The van der Waals surface area contributed by atoms with Crippen molar-refractivity contribution in [3.63, 3.8) is 0 Å². The molecule has 2 aromatic heterocycles. The molecule has 3 aliphatic rings. The van der Waals surface area contributed by atoms with Gasteiger partial charge in [0.1, 0.15) is 11.6 Å². The summed E-state index contributed by atoms with van der Waals surface area (Å²) < 4.78 is 2.33. The number of aliphatic carboxylic acids is 1. The van der Waals surface area contributed by atoms with Crippen LogP contribution >= 0.6 is 0 Å². The molecule has 1 saturated carbocycles. The third-order valence-electron chi connectivity index (χ3n) is 10.5. The zero-order chi connectivity index (χ0) is 30.2. The third kappa shape index (κ3) is 8.37. The highest BCUT2D eigenvalue weighted by Crippen LogP contribution is 2.41. The van der Waals surface area contributed by atoms with E-state index in [4.69, 9.17) is 10.1 Å². The van der Waals surface area contributed by atoms with Crippen LogP contribution in [-0.4, -0.2) is 84.1 Å². The van der Waals surface area contributed by atoms with Crippen LogP contribution in [0.4, 0.5) is 0 Å². The van der Waals surface area contributed by atoms with E-state index in [2.05, 4.69) is 47.6 Å². The summed E-state index contributed by atoms with van der Waals surface area (Å²) in [7, 11) is 0. The number of hydrogen-bond donors (Lipinski definition) is 2. The first kappa shape index (κ1) is 31.0. The van der Waals surface area contributed by atoms with Crippen molar-refractivity contribution in [3.05, 3.63) is 71.8 Å². The van der Waals surface area contributed by atoms with Gasteiger partial charge < -0.3 is 24.5 Å². The molecule has 0 radical (unpaired) electrons. The number of carboxylic acids is 1. The lowest BCUT2D eigenvalue weighted by Crippen LogP contribution is -2.46. The van der Waals surface area contributed by atoms with Gasteiger partial charge in [0, 0.05) is 56.9 Å². The maximum atomic E-state index is 10.9. The van der Waals surface area contributed by atoms with Crippen molar-refractivity contribution in [2.24, 2.45) is 5.41 Å². The van der Waals surface area contributed by atoms with Gasteiger partial charge in [-0.15, -0.1) is 0 Å². The summed E-state index contributed by atoms with van der Waals surface area (Å²) >= 11 is 0. The molecule has 6 rings (SSSR count). The summed E-state index contributed by atoms with van der Waals surface area (Å²) in [5.41, 5.74) is 2.81. The molecule has 0 atom stereocenters. The lowest BCUT2D eigenvalue weighted by Gasteiger charge is -2.44. The van der Waals surface area contributed by atoms with Crippen molar-refractivity contribution < 1.29 is 9.90 Å². The normalized spacial score (nSPS) is 19.8. The minimum absolute atomic E-state index is 0.157. The molecule has 238 valence electrons. The highest BCUT2D eigenvalue weighted by atomic mass is 16.4. The summed E-state index contributed by atoms with van der Waals surface area (Å²) in [5.74, 6) is 1.26. The zero-order valence-corrected chi connectivity index (χ0v) is 26.4. The first-order valence-electron chi connectivity index (χ1n) is 17.0. The van der Waals surface area contributed by atoms with E-state index in [1.807, 2.05) is 24.5 Å². The van der Waals surface area contributed by atoms with E-state index >= 15 is 0 Å². The molecule has 9 nitrogen and oxygen atoms in total. The summed E-state index contributed by atoms with van der Waals surface area (Å²) in [5, 5.41) is 9.00. The summed E-state index contributed by atoms with van der Waals surface area (Å²) in [6.07, 6.45) is 20.9. The molecular weight excluding hydrogens is 550 g/mol. The molecule has 0 amide bonds. The van der Waals surface area contributed by atoms with Gasteiger partial charge in [0.05, 0.1) is 13.1 Å². The van der Waals surface area contributed by atoms with E-state index in [1.54, 1.807) is 6.20 Å². The Labute approximate surface area is 262 Å². The standard InChI is InChI=1S/C35H51N7O2/c43-34(44)12-11-29-7-9-30(10-8-29)25-40(26-32-36-16-17-37-32)27-33-38-18-24-42(33)20-4-19-39-21-13-35(28-39)14-22-41(23-15-35)31-5-2-1-3-6-31/h7-10,16-18,24,31H,1-6,11-15,19-23,25-28H2,(H,36,37)(H,43,44). The number of imidazole rings is 2. The number of likely N-dealkylation sites (tertiary alicyclic amines) is 2. The minimum Gasteiger partial charge on any atom is -0.481 e. The lowest BCUT2D eigenvalue weighted by atomic mass is 9.77. The van der Waals surface area contributed by atoms with E-state index in [9.17, 15) is 4.79 Å². The number of carbonyl (C=O) groups is 1. The number of H-pyrrole nitrogens is 1. The highest BCUT2D eigenvalue weighted by molar-refractivity contribution is 5.67. The average Bonchev–Trinajstić information content (AvgIpc) is 3.81. The van der Waals surface area contributed by atoms with Gasteiger partial charge in [0.15, 0.2) is 0 Å².